The summed E-state index contributed by atoms with van der Waals surface area (Å²) in [4.78, 5) is 18.4. The van der Waals surface area contributed by atoms with Crippen molar-refractivity contribution in [2.75, 3.05) is 19.0 Å². The summed E-state index contributed by atoms with van der Waals surface area (Å²) in [5, 5.41) is 3.95. The third-order valence-electron chi connectivity index (χ3n) is 4.01. The molecule has 6 heteroatoms. The number of hydrogen-bond donors (Lipinski definition) is 0. The van der Waals surface area contributed by atoms with Crippen molar-refractivity contribution in [3.8, 4) is 11.4 Å². The minimum Gasteiger partial charge on any atom is -0.452 e. The van der Waals surface area contributed by atoms with Crippen molar-refractivity contribution in [3.05, 3.63) is 65.5 Å². The van der Waals surface area contributed by atoms with Crippen molar-refractivity contribution in [1.82, 2.24) is 10.1 Å². The number of benzene rings is 2. The summed E-state index contributed by atoms with van der Waals surface area (Å²) >= 11 is 0. The lowest BCUT2D eigenvalue weighted by Gasteiger charge is -2.12. The summed E-state index contributed by atoms with van der Waals surface area (Å²) in [6.07, 6.45) is 0.975. The van der Waals surface area contributed by atoms with Gasteiger partial charge in [0.1, 0.15) is 0 Å². The van der Waals surface area contributed by atoms with Crippen molar-refractivity contribution in [1.29, 1.82) is 0 Å². The predicted molar refractivity (Wildman–Crippen MR) is 99.0 cm³/mol. The molecule has 0 spiro atoms. The van der Waals surface area contributed by atoms with E-state index in [1.165, 1.54) is 5.56 Å². The van der Waals surface area contributed by atoms with Crippen LogP contribution in [0.25, 0.3) is 11.4 Å². The van der Waals surface area contributed by atoms with Crippen LogP contribution < -0.4 is 4.90 Å². The van der Waals surface area contributed by atoms with Gasteiger partial charge in [0.05, 0.1) is 5.56 Å². The number of carbonyl (C=O) groups is 1. The molecule has 0 saturated carbocycles. The normalized spacial score (nSPS) is 10.6. The van der Waals surface area contributed by atoms with Gasteiger partial charge in [-0.1, -0.05) is 42.4 Å². The zero-order valence-corrected chi connectivity index (χ0v) is 15.1. The summed E-state index contributed by atoms with van der Waals surface area (Å²) < 4.78 is 10.5. The summed E-state index contributed by atoms with van der Waals surface area (Å²) in [5.74, 6) is 0.311. The molecule has 3 rings (SSSR count). The molecule has 2 aromatic carbocycles. The predicted octanol–water partition coefficient (Wildman–Crippen LogP) is 3.72. The fourth-order valence-electron chi connectivity index (χ4n) is 2.44. The highest BCUT2D eigenvalue weighted by molar-refractivity contribution is 5.90. The Bertz CT molecular complexity index is 885. The van der Waals surface area contributed by atoms with Crippen molar-refractivity contribution in [3.63, 3.8) is 0 Å². The van der Waals surface area contributed by atoms with Gasteiger partial charge in [0.2, 0.25) is 5.82 Å². The van der Waals surface area contributed by atoms with E-state index in [1.807, 2.05) is 55.4 Å². The van der Waals surface area contributed by atoms with Crippen molar-refractivity contribution in [2.24, 2.45) is 0 Å². The standard InChI is InChI=1S/C20H21N3O3/c1-4-14-8-10-15(11-9-14)19-21-18(26-22-19)13-25-20(24)16-6-5-7-17(12-16)23(2)3/h5-12H,4,13H2,1-3H3. The number of rotatable bonds is 6. The van der Waals surface area contributed by atoms with Crippen LogP contribution >= 0.6 is 0 Å². The number of aryl methyl sites for hydroxylation is 1. The van der Waals surface area contributed by atoms with Crippen molar-refractivity contribution in [2.45, 2.75) is 20.0 Å². The van der Waals surface area contributed by atoms with Gasteiger partial charge in [-0.15, -0.1) is 0 Å². The third-order valence-corrected chi connectivity index (χ3v) is 4.01. The maximum Gasteiger partial charge on any atom is 0.338 e. The number of hydrogen-bond acceptors (Lipinski definition) is 6. The van der Waals surface area contributed by atoms with E-state index in [9.17, 15) is 4.79 Å². The maximum absolute atomic E-state index is 12.2. The molecule has 0 aliphatic rings. The van der Waals surface area contributed by atoms with Crippen LogP contribution in [0.3, 0.4) is 0 Å². The average molecular weight is 351 g/mol. The molecule has 3 aromatic rings. The third kappa shape index (κ3) is 4.08. The highest BCUT2D eigenvalue weighted by Gasteiger charge is 2.13. The van der Waals surface area contributed by atoms with Crippen molar-refractivity contribution >= 4 is 11.7 Å². The molecule has 26 heavy (non-hydrogen) atoms. The molecule has 1 aromatic heterocycles. The van der Waals surface area contributed by atoms with Gasteiger partial charge >= 0.3 is 5.97 Å². The first-order valence-electron chi connectivity index (χ1n) is 8.43. The van der Waals surface area contributed by atoms with E-state index in [2.05, 4.69) is 17.1 Å². The number of aromatic nitrogens is 2. The van der Waals surface area contributed by atoms with Crippen LogP contribution in [0.5, 0.6) is 0 Å². The Balaban J connectivity index is 1.64. The Morgan fingerprint density at radius 3 is 2.62 bits per heavy atom. The van der Waals surface area contributed by atoms with E-state index in [1.54, 1.807) is 12.1 Å². The second-order valence-electron chi connectivity index (χ2n) is 6.08. The summed E-state index contributed by atoms with van der Waals surface area (Å²) in [5.41, 5.74) is 3.51. The lowest BCUT2D eigenvalue weighted by atomic mass is 10.1. The average Bonchev–Trinajstić information content (AvgIpc) is 3.15. The Hall–Kier alpha value is -3.15. The molecule has 134 valence electrons. The number of carbonyl (C=O) groups excluding carboxylic acids is 1. The fourth-order valence-corrected chi connectivity index (χ4v) is 2.44. The molecule has 0 aliphatic carbocycles. The fraction of sp³-hybridized carbons (Fsp3) is 0.250. The number of esters is 1. The van der Waals surface area contributed by atoms with Gasteiger partial charge in [-0.2, -0.15) is 4.98 Å². The highest BCUT2D eigenvalue weighted by atomic mass is 16.6. The van der Waals surface area contributed by atoms with Gasteiger partial charge in [-0.3, -0.25) is 0 Å². The second-order valence-corrected chi connectivity index (χ2v) is 6.08. The van der Waals surface area contributed by atoms with Crippen molar-refractivity contribution < 1.29 is 14.1 Å². The largest absolute Gasteiger partial charge is 0.452 e. The van der Waals surface area contributed by atoms with Crippen LogP contribution in [0, 0.1) is 0 Å². The lowest BCUT2D eigenvalue weighted by Crippen LogP contribution is -2.11. The van der Waals surface area contributed by atoms with Gasteiger partial charge in [-0.25, -0.2) is 4.79 Å². The molecular weight excluding hydrogens is 330 g/mol. The molecule has 0 radical (unpaired) electrons. The molecular formula is C20H21N3O3. The summed E-state index contributed by atoms with van der Waals surface area (Å²) in [7, 11) is 3.83. The van der Waals surface area contributed by atoms with Crippen LogP contribution in [-0.2, 0) is 17.8 Å². The van der Waals surface area contributed by atoms with E-state index in [0.29, 0.717) is 11.4 Å². The molecule has 0 bridgehead atoms. The smallest absolute Gasteiger partial charge is 0.338 e. The molecule has 6 nitrogen and oxygen atoms in total. The van der Waals surface area contributed by atoms with Gasteiger partial charge in [0.25, 0.3) is 5.89 Å². The summed E-state index contributed by atoms with van der Waals surface area (Å²) in [6.45, 7) is 2.04. The lowest BCUT2D eigenvalue weighted by molar-refractivity contribution is 0.0430. The molecule has 0 N–H and O–H groups in total. The Morgan fingerprint density at radius 2 is 1.92 bits per heavy atom. The molecule has 0 fully saturated rings. The van der Waals surface area contributed by atoms with Crippen LogP contribution in [-0.4, -0.2) is 30.2 Å². The van der Waals surface area contributed by atoms with Gasteiger partial charge in [0, 0.05) is 25.3 Å². The first kappa shape index (κ1) is 17.7. The zero-order chi connectivity index (χ0) is 18.5. The molecule has 0 unspecified atom stereocenters. The minimum atomic E-state index is -0.430. The quantitative estimate of drug-likeness (QED) is 0.631. The SMILES string of the molecule is CCc1ccc(-c2noc(COC(=O)c3cccc(N(C)C)c3)n2)cc1. The van der Waals surface area contributed by atoms with Gasteiger partial charge in [-0.05, 0) is 30.2 Å². The zero-order valence-electron chi connectivity index (χ0n) is 15.1. The highest BCUT2D eigenvalue weighted by Crippen LogP contribution is 2.18. The van der Waals surface area contributed by atoms with E-state index in [4.69, 9.17) is 9.26 Å². The first-order valence-corrected chi connectivity index (χ1v) is 8.43. The second kappa shape index (κ2) is 7.82. The number of ether oxygens (including phenoxy) is 1. The van der Waals surface area contributed by atoms with Crippen LogP contribution in [0.2, 0.25) is 0 Å². The molecule has 1 heterocycles. The van der Waals surface area contributed by atoms with Crippen LogP contribution in [0.4, 0.5) is 5.69 Å². The minimum absolute atomic E-state index is 0.0644. The van der Waals surface area contributed by atoms with Gasteiger partial charge in [0.15, 0.2) is 6.61 Å². The van der Waals surface area contributed by atoms with Crippen LogP contribution in [0.15, 0.2) is 53.1 Å². The Labute approximate surface area is 152 Å². The molecule has 0 atom stereocenters. The topological polar surface area (TPSA) is 68.5 Å². The van der Waals surface area contributed by atoms with E-state index in [0.717, 1.165) is 17.7 Å². The Kier molecular flexibility index (Phi) is 5.31. The van der Waals surface area contributed by atoms with E-state index in [-0.39, 0.29) is 12.5 Å². The number of nitrogens with zero attached hydrogens (tertiary/aromatic N) is 3. The Morgan fingerprint density at radius 1 is 1.15 bits per heavy atom. The number of anilines is 1. The maximum atomic E-state index is 12.2. The van der Waals surface area contributed by atoms with E-state index >= 15 is 0 Å². The first-order chi connectivity index (χ1) is 12.6. The van der Waals surface area contributed by atoms with Gasteiger partial charge < -0.3 is 14.2 Å². The molecule has 0 aliphatic heterocycles. The van der Waals surface area contributed by atoms with E-state index < -0.39 is 5.97 Å². The summed E-state index contributed by atoms with van der Waals surface area (Å²) in [6, 6.07) is 15.2. The molecule has 0 amide bonds. The van der Waals surface area contributed by atoms with Crippen LogP contribution in [0.1, 0.15) is 28.7 Å². The monoisotopic (exact) mass is 351 g/mol. The molecule has 0 saturated heterocycles.